The SMILES string of the molecule is CC(C)(C)OC(=O)N1CCC(n2cc(-c3ccc4c(-c5cc6c(c(OC(F)F)c5)C(=O)N(CC(F)(F)F)CC6)coc4c3)cn2)CC1. The first-order valence-electron chi connectivity index (χ1n) is 15.2. The van der Waals surface area contributed by atoms with Gasteiger partial charge < -0.3 is 23.7 Å². The molecule has 0 radical (unpaired) electrons. The molecule has 2 amide bonds. The number of piperidine rings is 1. The van der Waals surface area contributed by atoms with E-state index in [-0.39, 0.29) is 30.7 Å². The molecule has 0 atom stereocenters. The van der Waals surface area contributed by atoms with Gasteiger partial charge >= 0.3 is 18.9 Å². The number of fused-ring (bicyclic) bond motifs is 2. The minimum absolute atomic E-state index is 0.0363. The fourth-order valence-corrected chi connectivity index (χ4v) is 6.10. The Kier molecular flexibility index (Phi) is 8.39. The first-order valence-corrected chi connectivity index (χ1v) is 15.2. The predicted molar refractivity (Wildman–Crippen MR) is 161 cm³/mol. The molecule has 0 unspecified atom stereocenters. The van der Waals surface area contributed by atoms with Crippen molar-refractivity contribution in [2.24, 2.45) is 0 Å². The summed E-state index contributed by atoms with van der Waals surface area (Å²) in [7, 11) is 0. The van der Waals surface area contributed by atoms with Crippen molar-refractivity contribution in [2.75, 3.05) is 26.2 Å². The summed E-state index contributed by atoms with van der Waals surface area (Å²) < 4.78 is 83.7. The van der Waals surface area contributed by atoms with Crippen LogP contribution in [0.5, 0.6) is 5.75 Å². The second-order valence-electron chi connectivity index (χ2n) is 12.7. The normalized spacial score (nSPS) is 16.2. The second kappa shape index (κ2) is 12.2. The number of aromatic nitrogens is 2. The number of benzene rings is 2. The van der Waals surface area contributed by atoms with Crippen LogP contribution in [-0.2, 0) is 11.2 Å². The molecule has 2 aromatic carbocycles. The zero-order valence-corrected chi connectivity index (χ0v) is 25.9. The lowest BCUT2D eigenvalue weighted by atomic mass is 9.92. The van der Waals surface area contributed by atoms with Gasteiger partial charge in [0.05, 0.1) is 24.1 Å². The number of hydrogen-bond donors (Lipinski definition) is 0. The highest BCUT2D eigenvalue weighted by atomic mass is 19.4. The minimum Gasteiger partial charge on any atom is -0.464 e. The van der Waals surface area contributed by atoms with Crippen LogP contribution in [0.25, 0.3) is 33.2 Å². The molecule has 0 saturated carbocycles. The predicted octanol–water partition coefficient (Wildman–Crippen LogP) is 7.70. The van der Waals surface area contributed by atoms with Crippen molar-refractivity contribution in [3.05, 3.63) is 60.1 Å². The smallest absolute Gasteiger partial charge is 0.410 e. The molecule has 2 aliphatic rings. The summed E-state index contributed by atoms with van der Waals surface area (Å²) >= 11 is 0. The molecule has 1 fully saturated rings. The third-order valence-corrected chi connectivity index (χ3v) is 8.23. The maximum Gasteiger partial charge on any atom is 0.410 e. The van der Waals surface area contributed by atoms with Gasteiger partial charge in [-0.1, -0.05) is 6.07 Å². The van der Waals surface area contributed by atoms with Crippen LogP contribution in [0, 0.1) is 0 Å². The molecular weight excluding hydrogens is 627 g/mol. The summed E-state index contributed by atoms with van der Waals surface area (Å²) in [6.45, 7) is 1.64. The van der Waals surface area contributed by atoms with Gasteiger partial charge in [-0.25, -0.2) is 4.79 Å². The molecule has 1 saturated heterocycles. The zero-order chi connectivity index (χ0) is 33.7. The molecule has 9 nitrogen and oxygen atoms in total. The number of carbonyl (C=O) groups excluding carboxylic acids is 2. The molecule has 47 heavy (non-hydrogen) atoms. The van der Waals surface area contributed by atoms with Crippen molar-refractivity contribution in [3.63, 3.8) is 0 Å². The Morgan fingerprint density at radius 1 is 1.04 bits per heavy atom. The van der Waals surface area contributed by atoms with E-state index in [9.17, 15) is 31.5 Å². The highest BCUT2D eigenvalue weighted by molar-refractivity contribution is 6.02. The van der Waals surface area contributed by atoms with E-state index in [1.54, 1.807) is 17.2 Å². The van der Waals surface area contributed by atoms with Crippen molar-refractivity contribution in [3.8, 4) is 28.0 Å². The van der Waals surface area contributed by atoms with Gasteiger partial charge in [-0.2, -0.15) is 27.1 Å². The van der Waals surface area contributed by atoms with E-state index in [2.05, 4.69) is 9.84 Å². The molecule has 250 valence electrons. The van der Waals surface area contributed by atoms with Crippen LogP contribution in [0.1, 0.15) is 55.6 Å². The standard InChI is InChI=1S/C33H33F5N4O5/c1-32(2,3)47-31(44)40-10-7-23(8-11-40)42-16-22(15-39-42)19-4-5-24-25(17-45-26(24)13-19)21-12-20-6-9-41(18-33(36,37)38)29(43)28(20)27(14-21)46-30(34)35/h4-5,12-17,23,30H,6-11,18H2,1-3H3. The third-order valence-electron chi connectivity index (χ3n) is 8.23. The van der Waals surface area contributed by atoms with Crippen molar-refractivity contribution in [1.29, 1.82) is 0 Å². The third kappa shape index (κ3) is 7.05. The molecule has 0 aliphatic carbocycles. The quantitative estimate of drug-likeness (QED) is 0.197. The number of rotatable bonds is 6. The Bertz CT molecular complexity index is 1800. The first-order chi connectivity index (χ1) is 22.1. The molecule has 0 spiro atoms. The second-order valence-corrected chi connectivity index (χ2v) is 12.7. The summed E-state index contributed by atoms with van der Waals surface area (Å²) in [4.78, 5) is 27.6. The maximum absolute atomic E-state index is 13.4. The van der Waals surface area contributed by atoms with Crippen LogP contribution >= 0.6 is 0 Å². The fraction of sp³-hybridized carbons (Fsp3) is 0.424. The number of alkyl halides is 5. The molecular formula is C33H33F5N4O5. The molecule has 2 aromatic heterocycles. The molecule has 0 bridgehead atoms. The lowest BCUT2D eigenvalue weighted by Gasteiger charge is -2.33. The van der Waals surface area contributed by atoms with Gasteiger partial charge in [-0.3, -0.25) is 9.48 Å². The monoisotopic (exact) mass is 660 g/mol. The van der Waals surface area contributed by atoms with E-state index < -0.39 is 36.6 Å². The van der Waals surface area contributed by atoms with Crippen molar-refractivity contribution >= 4 is 23.0 Å². The molecule has 2 aliphatic heterocycles. The number of ether oxygens (including phenoxy) is 2. The highest BCUT2D eigenvalue weighted by Gasteiger charge is 2.37. The lowest BCUT2D eigenvalue weighted by molar-refractivity contribution is -0.141. The van der Waals surface area contributed by atoms with Crippen LogP contribution in [0.2, 0.25) is 0 Å². The van der Waals surface area contributed by atoms with E-state index in [1.807, 2.05) is 49.8 Å². The van der Waals surface area contributed by atoms with E-state index in [0.717, 1.165) is 24.0 Å². The van der Waals surface area contributed by atoms with Gasteiger partial charge in [0, 0.05) is 42.3 Å². The average molecular weight is 661 g/mol. The number of furan rings is 1. The van der Waals surface area contributed by atoms with Gasteiger partial charge in [0.25, 0.3) is 5.91 Å². The van der Waals surface area contributed by atoms with Gasteiger partial charge in [0.2, 0.25) is 0 Å². The van der Waals surface area contributed by atoms with E-state index in [1.165, 1.54) is 12.3 Å². The number of carbonyl (C=O) groups is 2. The van der Waals surface area contributed by atoms with Gasteiger partial charge in [-0.15, -0.1) is 0 Å². The zero-order valence-electron chi connectivity index (χ0n) is 25.9. The largest absolute Gasteiger partial charge is 0.464 e. The first kappa shape index (κ1) is 32.3. The van der Waals surface area contributed by atoms with E-state index in [0.29, 0.717) is 45.6 Å². The molecule has 6 rings (SSSR count). The summed E-state index contributed by atoms with van der Waals surface area (Å²) in [6.07, 6.45) is 1.69. The van der Waals surface area contributed by atoms with E-state index >= 15 is 0 Å². The Balaban J connectivity index is 1.22. The van der Waals surface area contributed by atoms with Gasteiger partial charge in [0.15, 0.2) is 0 Å². The van der Waals surface area contributed by atoms with Crippen molar-refractivity contribution in [2.45, 2.75) is 64.5 Å². The maximum atomic E-state index is 13.4. The number of nitrogens with zero attached hydrogens (tertiary/aromatic N) is 4. The number of hydrogen-bond acceptors (Lipinski definition) is 6. The topological polar surface area (TPSA) is 90.0 Å². The fourth-order valence-electron chi connectivity index (χ4n) is 6.10. The van der Waals surface area contributed by atoms with Crippen molar-refractivity contribution in [1.82, 2.24) is 19.6 Å². The average Bonchev–Trinajstić information content (AvgIpc) is 3.64. The van der Waals surface area contributed by atoms with Crippen LogP contribution in [0.4, 0.5) is 26.7 Å². The summed E-state index contributed by atoms with van der Waals surface area (Å²) in [6, 6.07) is 8.48. The van der Waals surface area contributed by atoms with Gasteiger partial charge in [-0.05, 0) is 81.0 Å². The Morgan fingerprint density at radius 2 is 1.79 bits per heavy atom. The highest BCUT2D eigenvalue weighted by Crippen LogP contribution is 2.40. The van der Waals surface area contributed by atoms with Crippen LogP contribution < -0.4 is 4.74 Å². The van der Waals surface area contributed by atoms with Crippen molar-refractivity contribution < 1.29 is 45.4 Å². The minimum atomic E-state index is -4.63. The van der Waals surface area contributed by atoms with Crippen LogP contribution in [0.15, 0.2) is 53.4 Å². The number of likely N-dealkylation sites (tertiary alicyclic amines) is 1. The summed E-state index contributed by atoms with van der Waals surface area (Å²) in [5.74, 6) is -1.50. The van der Waals surface area contributed by atoms with Crippen LogP contribution in [0.3, 0.4) is 0 Å². The lowest BCUT2D eigenvalue weighted by Crippen LogP contribution is -2.43. The van der Waals surface area contributed by atoms with E-state index in [4.69, 9.17) is 9.15 Å². The molecule has 4 heterocycles. The Labute approximate surface area is 266 Å². The number of amides is 2. The Morgan fingerprint density at radius 3 is 2.47 bits per heavy atom. The molecule has 14 heteroatoms. The summed E-state index contributed by atoms with van der Waals surface area (Å²) in [5.41, 5.74) is 2.63. The molecule has 0 N–H and O–H groups in total. The summed E-state index contributed by atoms with van der Waals surface area (Å²) in [5, 5.41) is 5.23. The van der Waals surface area contributed by atoms with Gasteiger partial charge in [0.1, 0.15) is 23.5 Å². The molecule has 4 aromatic rings. The van der Waals surface area contributed by atoms with Crippen LogP contribution in [-0.4, -0.2) is 76.1 Å². The number of halogens is 5. The Hall–Kier alpha value is -4.62.